The van der Waals surface area contributed by atoms with Crippen molar-refractivity contribution in [1.29, 1.82) is 0 Å². The second-order valence-corrected chi connectivity index (χ2v) is 9.61. The number of nitrogens with zero attached hydrogens (tertiary/aromatic N) is 1. The van der Waals surface area contributed by atoms with Crippen LogP contribution < -0.4 is 15.0 Å². The molecule has 0 saturated carbocycles. The van der Waals surface area contributed by atoms with Gasteiger partial charge in [0.2, 0.25) is 0 Å². The monoisotopic (exact) mass is 568 g/mol. The van der Waals surface area contributed by atoms with E-state index < -0.39 is 17.8 Å². The molecule has 3 rings (SSSR count). The van der Waals surface area contributed by atoms with Crippen molar-refractivity contribution in [2.24, 2.45) is 5.92 Å². The van der Waals surface area contributed by atoms with Gasteiger partial charge in [0.25, 0.3) is 11.8 Å². The molecule has 31 heavy (non-hydrogen) atoms. The number of carbonyl (C=O) groups is 3. The maximum absolute atomic E-state index is 13.2. The quantitative estimate of drug-likeness (QED) is 0.360. The molecule has 0 spiro atoms. The van der Waals surface area contributed by atoms with Crippen LogP contribution in [0.3, 0.4) is 0 Å². The molecule has 1 aliphatic rings. The van der Waals surface area contributed by atoms with E-state index in [1.807, 2.05) is 19.9 Å². The fourth-order valence-corrected chi connectivity index (χ4v) is 4.48. The number of imide groups is 2. The van der Waals surface area contributed by atoms with Crippen molar-refractivity contribution >= 4 is 73.1 Å². The summed E-state index contributed by atoms with van der Waals surface area (Å²) in [4.78, 5) is 39.2. The summed E-state index contributed by atoms with van der Waals surface area (Å²) in [6.45, 7) is 6.22. The molecule has 1 N–H and O–H groups in total. The van der Waals surface area contributed by atoms with Gasteiger partial charge in [-0.3, -0.25) is 14.9 Å². The summed E-state index contributed by atoms with van der Waals surface area (Å²) in [6, 6.07) is 7.58. The molecular formula is C22H19Br2ClN2O4. The van der Waals surface area contributed by atoms with E-state index in [1.54, 1.807) is 25.1 Å². The lowest BCUT2D eigenvalue weighted by Gasteiger charge is -2.27. The van der Waals surface area contributed by atoms with Crippen molar-refractivity contribution < 1.29 is 19.1 Å². The Morgan fingerprint density at radius 2 is 1.87 bits per heavy atom. The Morgan fingerprint density at radius 1 is 1.16 bits per heavy atom. The lowest BCUT2D eigenvalue weighted by atomic mass is 10.0. The van der Waals surface area contributed by atoms with Crippen LogP contribution in [0.4, 0.5) is 10.5 Å². The van der Waals surface area contributed by atoms with E-state index in [1.165, 1.54) is 12.1 Å². The van der Waals surface area contributed by atoms with Gasteiger partial charge in [-0.15, -0.1) is 0 Å². The highest BCUT2D eigenvalue weighted by atomic mass is 79.9. The number of anilines is 1. The standard InChI is InChI=1S/C22H19Br2ClN2O4/c1-11(2)10-31-19-13(6-14(23)8-17(19)24)7-16-20(28)26-22(30)27(21(16)29)18-9-15(25)5-4-12(18)3/h4-9,11H,10H2,1-3H3,(H,26,28,30)/b16-7+. The normalized spacial score (nSPS) is 15.6. The Labute approximate surface area is 201 Å². The van der Waals surface area contributed by atoms with E-state index in [4.69, 9.17) is 16.3 Å². The van der Waals surface area contributed by atoms with Gasteiger partial charge < -0.3 is 4.74 Å². The largest absolute Gasteiger partial charge is 0.492 e. The Balaban J connectivity index is 2.09. The third-order valence-electron chi connectivity index (χ3n) is 4.41. The van der Waals surface area contributed by atoms with E-state index >= 15 is 0 Å². The number of hydrogen-bond donors (Lipinski definition) is 1. The lowest BCUT2D eigenvalue weighted by molar-refractivity contribution is -0.122. The highest BCUT2D eigenvalue weighted by Gasteiger charge is 2.37. The number of barbiturate groups is 1. The number of aryl methyl sites for hydroxylation is 1. The molecule has 0 radical (unpaired) electrons. The van der Waals surface area contributed by atoms with Crippen molar-refractivity contribution in [1.82, 2.24) is 5.32 Å². The Hall–Kier alpha value is -2.16. The molecular weight excluding hydrogens is 552 g/mol. The van der Waals surface area contributed by atoms with Gasteiger partial charge in [-0.25, -0.2) is 9.69 Å². The minimum absolute atomic E-state index is 0.196. The maximum Gasteiger partial charge on any atom is 0.335 e. The highest BCUT2D eigenvalue weighted by molar-refractivity contribution is 9.11. The summed E-state index contributed by atoms with van der Waals surface area (Å²) in [7, 11) is 0. The van der Waals surface area contributed by atoms with Crippen molar-refractivity contribution in [2.45, 2.75) is 20.8 Å². The van der Waals surface area contributed by atoms with Gasteiger partial charge in [0.15, 0.2) is 0 Å². The number of rotatable bonds is 5. The van der Waals surface area contributed by atoms with Gasteiger partial charge in [-0.05, 0) is 64.7 Å². The molecule has 2 aromatic rings. The first kappa shape index (κ1) is 23.5. The Bertz CT molecular complexity index is 1110. The van der Waals surface area contributed by atoms with E-state index in [0.29, 0.717) is 38.7 Å². The fourth-order valence-electron chi connectivity index (χ4n) is 2.94. The molecule has 0 unspecified atom stereocenters. The molecule has 1 saturated heterocycles. The third kappa shape index (κ3) is 5.19. The predicted molar refractivity (Wildman–Crippen MR) is 127 cm³/mol. The summed E-state index contributed by atoms with van der Waals surface area (Å²) >= 11 is 13.0. The van der Waals surface area contributed by atoms with Gasteiger partial charge in [0, 0.05) is 15.1 Å². The SMILES string of the molecule is Cc1ccc(Cl)cc1N1C(=O)NC(=O)/C(=C\c2cc(Br)cc(Br)c2OCC(C)C)C1=O. The van der Waals surface area contributed by atoms with E-state index in [9.17, 15) is 14.4 Å². The minimum atomic E-state index is -0.829. The summed E-state index contributed by atoms with van der Waals surface area (Å²) in [5.74, 6) is -0.760. The van der Waals surface area contributed by atoms with Gasteiger partial charge in [0.1, 0.15) is 11.3 Å². The first-order chi connectivity index (χ1) is 14.6. The first-order valence-electron chi connectivity index (χ1n) is 9.38. The summed E-state index contributed by atoms with van der Waals surface area (Å²) in [5, 5.41) is 2.59. The van der Waals surface area contributed by atoms with Crippen molar-refractivity contribution in [3.05, 3.63) is 61.0 Å². The number of benzene rings is 2. The van der Waals surface area contributed by atoms with Crippen LogP contribution >= 0.6 is 43.5 Å². The van der Waals surface area contributed by atoms with E-state index in [-0.39, 0.29) is 11.5 Å². The number of hydrogen-bond acceptors (Lipinski definition) is 4. The summed E-state index contributed by atoms with van der Waals surface area (Å²) < 4.78 is 7.30. The average molecular weight is 571 g/mol. The van der Waals surface area contributed by atoms with E-state index in [0.717, 1.165) is 9.37 Å². The van der Waals surface area contributed by atoms with Crippen LogP contribution in [0.25, 0.3) is 6.08 Å². The molecule has 1 fully saturated rings. The molecule has 0 bridgehead atoms. The van der Waals surface area contributed by atoms with Crippen LogP contribution in [-0.4, -0.2) is 24.5 Å². The zero-order valence-electron chi connectivity index (χ0n) is 17.0. The predicted octanol–water partition coefficient (Wildman–Crippen LogP) is 5.87. The second-order valence-electron chi connectivity index (χ2n) is 7.40. The zero-order valence-corrected chi connectivity index (χ0v) is 20.9. The molecule has 2 aromatic carbocycles. The molecule has 6 nitrogen and oxygen atoms in total. The van der Waals surface area contributed by atoms with Gasteiger partial charge >= 0.3 is 6.03 Å². The van der Waals surface area contributed by atoms with Gasteiger partial charge in [-0.1, -0.05) is 47.4 Å². The molecule has 9 heteroatoms. The Kier molecular flexibility index (Phi) is 7.24. The van der Waals surface area contributed by atoms with E-state index in [2.05, 4.69) is 37.2 Å². The number of urea groups is 1. The second kappa shape index (κ2) is 9.54. The number of amides is 4. The van der Waals surface area contributed by atoms with Crippen LogP contribution in [-0.2, 0) is 9.59 Å². The van der Waals surface area contributed by atoms with Crippen LogP contribution in [0, 0.1) is 12.8 Å². The van der Waals surface area contributed by atoms with Crippen LogP contribution in [0.5, 0.6) is 5.75 Å². The first-order valence-corrected chi connectivity index (χ1v) is 11.3. The third-order valence-corrected chi connectivity index (χ3v) is 5.69. The molecule has 162 valence electrons. The molecule has 4 amide bonds. The maximum atomic E-state index is 13.2. The van der Waals surface area contributed by atoms with Gasteiger partial charge in [-0.2, -0.15) is 0 Å². The summed E-state index contributed by atoms with van der Waals surface area (Å²) in [5.41, 5.74) is 1.28. The lowest BCUT2D eigenvalue weighted by Crippen LogP contribution is -2.54. The molecule has 0 aliphatic carbocycles. The molecule has 1 aliphatic heterocycles. The number of nitrogens with one attached hydrogen (secondary N) is 1. The molecule has 0 atom stereocenters. The minimum Gasteiger partial charge on any atom is -0.492 e. The number of ether oxygens (including phenoxy) is 1. The van der Waals surface area contributed by atoms with Crippen molar-refractivity contribution in [2.75, 3.05) is 11.5 Å². The van der Waals surface area contributed by atoms with Gasteiger partial charge in [0.05, 0.1) is 16.8 Å². The summed E-state index contributed by atoms with van der Waals surface area (Å²) in [6.07, 6.45) is 1.42. The smallest absolute Gasteiger partial charge is 0.335 e. The Morgan fingerprint density at radius 3 is 2.55 bits per heavy atom. The molecule has 1 heterocycles. The molecule has 0 aromatic heterocycles. The van der Waals surface area contributed by atoms with Crippen molar-refractivity contribution in [3.63, 3.8) is 0 Å². The zero-order chi connectivity index (χ0) is 22.9. The fraction of sp³-hybridized carbons (Fsp3) is 0.227. The highest BCUT2D eigenvalue weighted by Crippen LogP contribution is 2.36. The van der Waals surface area contributed by atoms with Crippen LogP contribution in [0.1, 0.15) is 25.0 Å². The van der Waals surface area contributed by atoms with Crippen molar-refractivity contribution in [3.8, 4) is 5.75 Å². The topological polar surface area (TPSA) is 75.7 Å². The van der Waals surface area contributed by atoms with Crippen LogP contribution in [0.15, 0.2) is 44.9 Å². The number of halogens is 3. The van der Waals surface area contributed by atoms with Crippen LogP contribution in [0.2, 0.25) is 5.02 Å². The number of carbonyl (C=O) groups excluding carboxylic acids is 3. The average Bonchev–Trinajstić information content (AvgIpc) is 2.66.